The molecule has 1 unspecified atom stereocenters. The van der Waals surface area contributed by atoms with Gasteiger partial charge in [0.1, 0.15) is 6.04 Å². The molecule has 2 fully saturated rings. The van der Waals surface area contributed by atoms with E-state index in [0.717, 1.165) is 12.8 Å². The van der Waals surface area contributed by atoms with Crippen molar-refractivity contribution in [3.63, 3.8) is 0 Å². The minimum atomic E-state index is -4.32. The van der Waals surface area contributed by atoms with Gasteiger partial charge in [-0.3, -0.25) is 0 Å². The summed E-state index contributed by atoms with van der Waals surface area (Å²) >= 11 is 0. The summed E-state index contributed by atoms with van der Waals surface area (Å²) in [6, 6.07) is -1.73. The number of hydrogen-bond donors (Lipinski definition) is 2. The Morgan fingerprint density at radius 2 is 1.71 bits per heavy atom. The maximum atomic E-state index is 12.9. The van der Waals surface area contributed by atoms with Crippen LogP contribution in [0.1, 0.15) is 44.9 Å². The van der Waals surface area contributed by atoms with E-state index < -0.39 is 23.7 Å². The Morgan fingerprint density at radius 3 is 2.12 bits per heavy atom. The van der Waals surface area contributed by atoms with E-state index in [9.17, 15) is 18.3 Å². The zero-order chi connectivity index (χ0) is 12.7. The molecule has 2 nitrogen and oxygen atoms in total. The maximum Gasteiger partial charge on any atom is 0.404 e. The van der Waals surface area contributed by atoms with Crippen molar-refractivity contribution in [1.29, 1.82) is 0 Å². The summed E-state index contributed by atoms with van der Waals surface area (Å²) in [6.07, 6.45) is -0.381. The van der Waals surface area contributed by atoms with Crippen LogP contribution in [0.15, 0.2) is 0 Å². The van der Waals surface area contributed by atoms with Gasteiger partial charge in [0.05, 0.1) is 6.10 Å². The Labute approximate surface area is 99.4 Å². The molecule has 0 amide bonds. The van der Waals surface area contributed by atoms with Crippen LogP contribution in [0.25, 0.3) is 0 Å². The van der Waals surface area contributed by atoms with Crippen molar-refractivity contribution in [2.24, 2.45) is 17.1 Å². The fraction of sp³-hybridized carbons (Fsp3) is 1.00. The van der Waals surface area contributed by atoms with Gasteiger partial charge < -0.3 is 10.8 Å². The lowest BCUT2D eigenvalue weighted by molar-refractivity contribution is -0.183. The molecule has 0 aromatic rings. The molecule has 0 aromatic carbocycles. The zero-order valence-electron chi connectivity index (χ0n) is 9.84. The second-order valence-corrected chi connectivity index (χ2v) is 5.76. The van der Waals surface area contributed by atoms with E-state index in [-0.39, 0.29) is 0 Å². The standard InChI is InChI=1S/C12H20F3NO/c13-12(14,15)10(16)11(7-8-1-2-8)5-3-9(17)4-6-11/h8-10,17H,1-7,16H2. The predicted octanol–water partition coefficient (Wildman–Crippen LogP) is 2.60. The van der Waals surface area contributed by atoms with Gasteiger partial charge in [-0.25, -0.2) is 0 Å². The highest BCUT2D eigenvalue weighted by Crippen LogP contribution is 2.52. The predicted molar refractivity (Wildman–Crippen MR) is 58.3 cm³/mol. The largest absolute Gasteiger partial charge is 0.404 e. The highest BCUT2D eigenvalue weighted by Gasteiger charge is 2.53. The van der Waals surface area contributed by atoms with E-state index >= 15 is 0 Å². The first kappa shape index (κ1) is 13.1. The molecule has 3 N–H and O–H groups in total. The zero-order valence-corrected chi connectivity index (χ0v) is 9.84. The van der Waals surface area contributed by atoms with E-state index in [1.807, 2.05) is 0 Å². The lowest BCUT2D eigenvalue weighted by Gasteiger charge is -2.44. The van der Waals surface area contributed by atoms with Gasteiger partial charge in [0.25, 0.3) is 0 Å². The van der Waals surface area contributed by atoms with E-state index in [4.69, 9.17) is 5.73 Å². The molecule has 1 atom stereocenters. The van der Waals surface area contributed by atoms with Crippen LogP contribution in [0.3, 0.4) is 0 Å². The average Bonchev–Trinajstić information content (AvgIpc) is 3.03. The lowest BCUT2D eigenvalue weighted by Crippen LogP contribution is -2.53. The smallest absolute Gasteiger partial charge is 0.393 e. The van der Waals surface area contributed by atoms with Crippen LogP contribution in [0.5, 0.6) is 0 Å². The summed E-state index contributed by atoms with van der Waals surface area (Å²) in [6.45, 7) is 0. The van der Waals surface area contributed by atoms with Crippen molar-refractivity contribution >= 4 is 0 Å². The molecule has 0 aromatic heterocycles. The Balaban J connectivity index is 2.11. The second kappa shape index (κ2) is 4.43. The minimum absolute atomic E-state index is 0.408. The van der Waals surface area contributed by atoms with Crippen LogP contribution in [0, 0.1) is 11.3 Å². The van der Waals surface area contributed by atoms with Crippen LogP contribution in [-0.4, -0.2) is 23.4 Å². The summed E-state index contributed by atoms with van der Waals surface area (Å²) in [4.78, 5) is 0. The molecule has 5 heteroatoms. The monoisotopic (exact) mass is 251 g/mol. The first-order valence-electron chi connectivity index (χ1n) is 6.34. The summed E-state index contributed by atoms with van der Waals surface area (Å²) in [7, 11) is 0. The molecule has 0 aliphatic heterocycles. The minimum Gasteiger partial charge on any atom is -0.393 e. The quantitative estimate of drug-likeness (QED) is 0.810. The van der Waals surface area contributed by atoms with Crippen LogP contribution < -0.4 is 5.73 Å². The molecule has 2 aliphatic rings. The molecule has 0 radical (unpaired) electrons. The van der Waals surface area contributed by atoms with Gasteiger partial charge in [0.2, 0.25) is 0 Å². The van der Waals surface area contributed by atoms with Gasteiger partial charge in [0.15, 0.2) is 0 Å². The van der Waals surface area contributed by atoms with E-state index in [1.54, 1.807) is 0 Å². The lowest BCUT2D eigenvalue weighted by atomic mass is 9.65. The van der Waals surface area contributed by atoms with Crippen molar-refractivity contribution in [3.8, 4) is 0 Å². The summed E-state index contributed by atoms with van der Waals surface area (Å²) < 4.78 is 38.6. The first-order chi connectivity index (χ1) is 7.83. The second-order valence-electron chi connectivity index (χ2n) is 5.76. The first-order valence-corrected chi connectivity index (χ1v) is 6.34. The molecule has 17 heavy (non-hydrogen) atoms. The van der Waals surface area contributed by atoms with Gasteiger partial charge in [-0.05, 0) is 43.4 Å². The topological polar surface area (TPSA) is 46.2 Å². The van der Waals surface area contributed by atoms with E-state index in [1.165, 1.54) is 0 Å². The fourth-order valence-corrected chi connectivity index (χ4v) is 3.06. The number of halogens is 3. The summed E-state index contributed by atoms with van der Waals surface area (Å²) in [5.41, 5.74) is 4.65. The van der Waals surface area contributed by atoms with Crippen molar-refractivity contribution in [2.75, 3.05) is 0 Å². The molecule has 0 heterocycles. The molecular formula is C12H20F3NO. The maximum absolute atomic E-state index is 12.9. The van der Waals surface area contributed by atoms with Gasteiger partial charge in [-0.1, -0.05) is 12.8 Å². The Morgan fingerprint density at radius 1 is 1.18 bits per heavy atom. The fourth-order valence-electron chi connectivity index (χ4n) is 3.06. The van der Waals surface area contributed by atoms with Crippen LogP contribution in [0.4, 0.5) is 13.2 Å². The summed E-state index contributed by atoms with van der Waals surface area (Å²) in [5, 5.41) is 9.45. The van der Waals surface area contributed by atoms with Gasteiger partial charge in [-0.15, -0.1) is 0 Å². The number of aliphatic hydroxyl groups excluding tert-OH is 1. The molecule has 0 saturated heterocycles. The van der Waals surface area contributed by atoms with Gasteiger partial charge in [-0.2, -0.15) is 13.2 Å². The molecule has 2 aliphatic carbocycles. The molecular weight excluding hydrogens is 231 g/mol. The Hall–Kier alpha value is -0.290. The van der Waals surface area contributed by atoms with Crippen LogP contribution >= 0.6 is 0 Å². The third kappa shape index (κ3) is 2.94. The average molecular weight is 251 g/mol. The highest BCUT2D eigenvalue weighted by atomic mass is 19.4. The number of aliphatic hydroxyl groups is 1. The van der Waals surface area contributed by atoms with Crippen molar-refractivity contribution in [1.82, 2.24) is 0 Å². The molecule has 2 saturated carbocycles. The third-order valence-electron chi connectivity index (χ3n) is 4.36. The molecule has 2 rings (SSSR count). The third-order valence-corrected chi connectivity index (χ3v) is 4.36. The van der Waals surface area contributed by atoms with Gasteiger partial charge in [0, 0.05) is 0 Å². The molecule has 0 bridgehead atoms. The van der Waals surface area contributed by atoms with E-state index in [0.29, 0.717) is 38.0 Å². The number of nitrogens with two attached hydrogens (primary N) is 1. The Bertz CT molecular complexity index is 267. The van der Waals surface area contributed by atoms with Crippen LogP contribution in [0.2, 0.25) is 0 Å². The van der Waals surface area contributed by atoms with Crippen molar-refractivity contribution in [2.45, 2.75) is 63.3 Å². The SMILES string of the molecule is NC(C(F)(F)F)C1(CC2CC2)CCC(O)CC1. The van der Waals surface area contributed by atoms with Crippen LogP contribution in [-0.2, 0) is 0 Å². The van der Waals surface area contributed by atoms with E-state index in [2.05, 4.69) is 0 Å². The Kier molecular flexibility index (Phi) is 3.42. The van der Waals surface area contributed by atoms with Gasteiger partial charge >= 0.3 is 6.18 Å². The molecule has 0 spiro atoms. The normalized spacial score (nSPS) is 36.9. The summed E-state index contributed by atoms with van der Waals surface area (Å²) in [5.74, 6) is 0.429. The number of rotatable bonds is 3. The highest BCUT2D eigenvalue weighted by molar-refractivity contribution is 4.99. The number of hydrogen-bond acceptors (Lipinski definition) is 2. The molecule has 100 valence electrons. The van der Waals surface area contributed by atoms with Crippen molar-refractivity contribution in [3.05, 3.63) is 0 Å². The number of alkyl halides is 3. The van der Waals surface area contributed by atoms with Crippen molar-refractivity contribution < 1.29 is 18.3 Å².